The van der Waals surface area contributed by atoms with Gasteiger partial charge in [-0.3, -0.25) is 0 Å². The number of nitrogens with zero attached hydrogens (tertiary/aromatic N) is 1. The van der Waals surface area contributed by atoms with Crippen molar-refractivity contribution in [2.24, 2.45) is 5.16 Å². The van der Waals surface area contributed by atoms with Crippen LogP contribution in [0.15, 0.2) is 17.0 Å². The van der Waals surface area contributed by atoms with Gasteiger partial charge < -0.3 is 9.94 Å². The van der Waals surface area contributed by atoms with Crippen molar-refractivity contribution >= 4 is 5.71 Å². The molecule has 3 nitrogen and oxygen atoms in total. The SMILES string of the molecule is COC1=CCCC/C1=N/O. The quantitative estimate of drug-likeness (QED) is 0.444. The van der Waals surface area contributed by atoms with Gasteiger partial charge in [0.1, 0.15) is 11.5 Å². The molecule has 56 valence electrons. The van der Waals surface area contributed by atoms with Gasteiger partial charge in [0.25, 0.3) is 0 Å². The average molecular weight is 141 g/mol. The van der Waals surface area contributed by atoms with Crippen molar-refractivity contribution in [3.8, 4) is 0 Å². The van der Waals surface area contributed by atoms with Crippen molar-refractivity contribution < 1.29 is 9.94 Å². The van der Waals surface area contributed by atoms with Gasteiger partial charge in [-0.05, 0) is 25.3 Å². The molecule has 1 aliphatic carbocycles. The zero-order valence-electron chi connectivity index (χ0n) is 6.00. The van der Waals surface area contributed by atoms with Gasteiger partial charge in [-0.2, -0.15) is 0 Å². The van der Waals surface area contributed by atoms with Crippen molar-refractivity contribution in [1.29, 1.82) is 0 Å². The van der Waals surface area contributed by atoms with E-state index in [0.717, 1.165) is 19.3 Å². The van der Waals surface area contributed by atoms with Crippen LogP contribution in [-0.2, 0) is 4.74 Å². The number of oxime groups is 1. The molecule has 0 aliphatic heterocycles. The summed E-state index contributed by atoms with van der Waals surface area (Å²) in [5.41, 5.74) is 0.661. The van der Waals surface area contributed by atoms with Crippen LogP contribution in [0, 0.1) is 0 Å². The Hall–Kier alpha value is -0.990. The third-order valence-electron chi connectivity index (χ3n) is 1.57. The van der Waals surface area contributed by atoms with Crippen LogP contribution in [0.4, 0.5) is 0 Å². The molecule has 1 rings (SSSR count). The van der Waals surface area contributed by atoms with E-state index in [1.165, 1.54) is 0 Å². The Morgan fingerprint density at radius 1 is 1.70 bits per heavy atom. The first kappa shape index (κ1) is 7.12. The lowest BCUT2D eigenvalue weighted by molar-refractivity contribution is 0.289. The fraction of sp³-hybridized carbons (Fsp3) is 0.571. The second-order valence-corrected chi connectivity index (χ2v) is 2.21. The fourth-order valence-corrected chi connectivity index (χ4v) is 1.04. The molecule has 0 amide bonds. The van der Waals surface area contributed by atoms with E-state index in [1.54, 1.807) is 7.11 Å². The lowest BCUT2D eigenvalue weighted by Crippen LogP contribution is -2.08. The van der Waals surface area contributed by atoms with E-state index < -0.39 is 0 Å². The minimum atomic E-state index is 0.661. The first-order valence-electron chi connectivity index (χ1n) is 3.34. The van der Waals surface area contributed by atoms with Crippen LogP contribution < -0.4 is 0 Å². The first-order valence-corrected chi connectivity index (χ1v) is 3.34. The van der Waals surface area contributed by atoms with E-state index in [9.17, 15) is 0 Å². The molecule has 0 saturated carbocycles. The van der Waals surface area contributed by atoms with Gasteiger partial charge in [0.05, 0.1) is 7.11 Å². The highest BCUT2D eigenvalue weighted by molar-refractivity contribution is 5.98. The number of hydrogen-bond acceptors (Lipinski definition) is 3. The summed E-state index contributed by atoms with van der Waals surface area (Å²) in [5, 5.41) is 11.6. The Kier molecular flexibility index (Phi) is 2.31. The van der Waals surface area contributed by atoms with Crippen LogP contribution in [0.3, 0.4) is 0 Å². The molecule has 0 saturated heterocycles. The Bertz CT molecular complexity index is 172. The molecule has 0 spiro atoms. The number of hydrogen-bond donors (Lipinski definition) is 1. The van der Waals surface area contributed by atoms with Gasteiger partial charge >= 0.3 is 0 Å². The van der Waals surface area contributed by atoms with E-state index in [2.05, 4.69) is 5.16 Å². The van der Waals surface area contributed by atoms with E-state index in [4.69, 9.17) is 9.94 Å². The van der Waals surface area contributed by atoms with Crippen LogP contribution in [0.25, 0.3) is 0 Å². The maximum absolute atomic E-state index is 8.46. The highest BCUT2D eigenvalue weighted by atomic mass is 16.5. The molecule has 0 radical (unpaired) electrons. The number of methoxy groups -OCH3 is 1. The molecule has 10 heavy (non-hydrogen) atoms. The van der Waals surface area contributed by atoms with Gasteiger partial charge in [-0.1, -0.05) is 5.16 Å². The van der Waals surface area contributed by atoms with Crippen molar-refractivity contribution in [2.45, 2.75) is 19.3 Å². The van der Waals surface area contributed by atoms with Crippen molar-refractivity contribution in [3.05, 3.63) is 11.8 Å². The molecule has 0 heterocycles. The second kappa shape index (κ2) is 3.25. The standard InChI is InChI=1S/C7H11NO2/c1-10-7-5-3-2-4-6(7)8-9/h5,9H,2-4H2,1H3/b8-6-. The van der Waals surface area contributed by atoms with Gasteiger partial charge in [-0.25, -0.2) is 0 Å². The molecule has 0 aromatic carbocycles. The van der Waals surface area contributed by atoms with E-state index in [1.807, 2.05) is 6.08 Å². The van der Waals surface area contributed by atoms with Gasteiger partial charge in [0.2, 0.25) is 0 Å². The van der Waals surface area contributed by atoms with Gasteiger partial charge in [-0.15, -0.1) is 0 Å². The topological polar surface area (TPSA) is 41.8 Å². The lowest BCUT2D eigenvalue weighted by Gasteiger charge is -2.11. The highest BCUT2D eigenvalue weighted by Gasteiger charge is 2.11. The van der Waals surface area contributed by atoms with Gasteiger partial charge in [0, 0.05) is 0 Å². The molecular weight excluding hydrogens is 130 g/mol. The molecular formula is C7H11NO2. The number of rotatable bonds is 1. The van der Waals surface area contributed by atoms with Crippen LogP contribution >= 0.6 is 0 Å². The van der Waals surface area contributed by atoms with Crippen molar-refractivity contribution in [3.63, 3.8) is 0 Å². The summed E-state index contributed by atoms with van der Waals surface area (Å²) < 4.78 is 4.96. The summed E-state index contributed by atoms with van der Waals surface area (Å²) in [5.74, 6) is 0.716. The molecule has 0 aromatic heterocycles. The number of ether oxygens (including phenoxy) is 1. The Morgan fingerprint density at radius 2 is 2.50 bits per heavy atom. The lowest BCUT2D eigenvalue weighted by atomic mass is 10.0. The zero-order valence-corrected chi connectivity index (χ0v) is 6.00. The molecule has 0 aromatic rings. The molecule has 0 atom stereocenters. The van der Waals surface area contributed by atoms with Gasteiger partial charge in [0.15, 0.2) is 0 Å². The predicted octanol–water partition coefficient (Wildman–Crippen LogP) is 1.53. The van der Waals surface area contributed by atoms with Crippen LogP contribution in [0.5, 0.6) is 0 Å². The summed E-state index contributed by atoms with van der Waals surface area (Å²) >= 11 is 0. The van der Waals surface area contributed by atoms with E-state index >= 15 is 0 Å². The van der Waals surface area contributed by atoms with E-state index in [-0.39, 0.29) is 0 Å². The second-order valence-electron chi connectivity index (χ2n) is 2.21. The van der Waals surface area contributed by atoms with Crippen molar-refractivity contribution in [2.75, 3.05) is 7.11 Å². The highest BCUT2D eigenvalue weighted by Crippen LogP contribution is 2.15. The summed E-state index contributed by atoms with van der Waals surface area (Å²) in [6.07, 6.45) is 4.82. The summed E-state index contributed by atoms with van der Waals surface area (Å²) in [6.45, 7) is 0. The maximum Gasteiger partial charge on any atom is 0.139 e. The number of allylic oxidation sites excluding steroid dienone is 2. The minimum Gasteiger partial charge on any atom is -0.495 e. The van der Waals surface area contributed by atoms with Crippen LogP contribution in [0.2, 0.25) is 0 Å². The molecule has 0 unspecified atom stereocenters. The zero-order chi connectivity index (χ0) is 7.40. The first-order chi connectivity index (χ1) is 4.88. The third-order valence-corrected chi connectivity index (χ3v) is 1.57. The average Bonchev–Trinajstić information content (AvgIpc) is 2.04. The molecule has 0 bridgehead atoms. The summed E-state index contributed by atoms with van der Waals surface area (Å²) in [4.78, 5) is 0. The molecule has 1 N–H and O–H groups in total. The molecule has 0 fully saturated rings. The van der Waals surface area contributed by atoms with Crippen molar-refractivity contribution in [1.82, 2.24) is 0 Å². The largest absolute Gasteiger partial charge is 0.495 e. The Balaban J connectivity index is 2.72. The molecule has 3 heteroatoms. The van der Waals surface area contributed by atoms with Crippen LogP contribution in [-0.4, -0.2) is 18.0 Å². The minimum absolute atomic E-state index is 0.661. The smallest absolute Gasteiger partial charge is 0.139 e. The van der Waals surface area contributed by atoms with E-state index in [0.29, 0.717) is 11.5 Å². The summed E-state index contributed by atoms with van der Waals surface area (Å²) in [6, 6.07) is 0. The normalized spacial score (nSPS) is 22.5. The maximum atomic E-state index is 8.46. The Labute approximate surface area is 60.0 Å². The fourth-order valence-electron chi connectivity index (χ4n) is 1.04. The Morgan fingerprint density at radius 3 is 3.00 bits per heavy atom. The monoisotopic (exact) mass is 141 g/mol. The third kappa shape index (κ3) is 1.29. The molecule has 1 aliphatic rings. The predicted molar refractivity (Wildman–Crippen MR) is 38.2 cm³/mol. The summed E-state index contributed by atoms with van der Waals surface area (Å²) in [7, 11) is 1.59. The van der Waals surface area contributed by atoms with Crippen LogP contribution in [0.1, 0.15) is 19.3 Å².